The predicted octanol–water partition coefficient (Wildman–Crippen LogP) is 1.45. The molecule has 0 aromatic carbocycles. The molecule has 0 saturated heterocycles. The topological polar surface area (TPSA) is 87.0 Å². The van der Waals surface area contributed by atoms with Gasteiger partial charge in [-0.3, -0.25) is 4.68 Å². The molecule has 0 amide bonds. The van der Waals surface area contributed by atoms with Crippen LogP contribution in [0.4, 0.5) is 5.95 Å². The fourth-order valence-corrected chi connectivity index (χ4v) is 1.71. The van der Waals surface area contributed by atoms with Crippen molar-refractivity contribution in [1.82, 2.24) is 24.7 Å². The van der Waals surface area contributed by atoms with E-state index in [4.69, 9.17) is 9.47 Å². The summed E-state index contributed by atoms with van der Waals surface area (Å²) in [5.74, 6) is 1.05. The monoisotopic (exact) mass is 278 g/mol. The lowest BCUT2D eigenvalue weighted by molar-refractivity contribution is 0.359. The van der Waals surface area contributed by atoms with Gasteiger partial charge in [0.2, 0.25) is 5.95 Å². The van der Waals surface area contributed by atoms with Gasteiger partial charge in [0.25, 0.3) is 0 Å². The van der Waals surface area contributed by atoms with Gasteiger partial charge >= 0.3 is 12.0 Å². The quantitative estimate of drug-likeness (QED) is 0.885. The van der Waals surface area contributed by atoms with E-state index in [1.165, 1.54) is 7.11 Å². The first-order valence-electron chi connectivity index (χ1n) is 6.27. The Hall–Kier alpha value is -2.38. The van der Waals surface area contributed by atoms with Gasteiger partial charge in [0.15, 0.2) is 5.75 Å². The zero-order valence-electron chi connectivity index (χ0n) is 12.3. The first-order valence-corrected chi connectivity index (χ1v) is 6.27. The van der Waals surface area contributed by atoms with E-state index in [-0.39, 0.29) is 12.0 Å². The van der Waals surface area contributed by atoms with Crippen LogP contribution in [-0.4, -0.2) is 38.4 Å². The van der Waals surface area contributed by atoms with Gasteiger partial charge in [-0.15, -0.1) is 4.98 Å². The number of anilines is 1. The molecule has 0 unspecified atom stereocenters. The maximum atomic E-state index is 5.72. The Labute approximate surface area is 117 Å². The van der Waals surface area contributed by atoms with Crippen molar-refractivity contribution in [1.29, 1.82) is 0 Å². The predicted molar refractivity (Wildman–Crippen MR) is 73.3 cm³/mol. The number of ether oxygens (including phenoxy) is 2. The van der Waals surface area contributed by atoms with E-state index in [1.54, 1.807) is 4.68 Å². The van der Waals surface area contributed by atoms with E-state index in [2.05, 4.69) is 25.4 Å². The molecular formula is C12H18N6O2. The highest BCUT2D eigenvalue weighted by atomic mass is 16.5. The Bertz CT molecular complexity index is 610. The lowest BCUT2D eigenvalue weighted by atomic mass is 10.3. The molecule has 0 fully saturated rings. The number of aryl methyl sites for hydroxylation is 2. The van der Waals surface area contributed by atoms with Gasteiger partial charge < -0.3 is 14.8 Å². The van der Waals surface area contributed by atoms with Crippen LogP contribution >= 0.6 is 0 Å². The van der Waals surface area contributed by atoms with Crippen molar-refractivity contribution in [3.05, 3.63) is 11.4 Å². The number of aromatic nitrogens is 5. The minimum Gasteiger partial charge on any atom is -0.467 e. The summed E-state index contributed by atoms with van der Waals surface area (Å²) in [5.41, 5.74) is 1.67. The van der Waals surface area contributed by atoms with Crippen LogP contribution in [-0.2, 0) is 7.05 Å². The first-order chi connectivity index (χ1) is 9.55. The summed E-state index contributed by atoms with van der Waals surface area (Å²) >= 11 is 0. The zero-order chi connectivity index (χ0) is 14.7. The maximum Gasteiger partial charge on any atom is 0.330 e. The molecule has 0 aliphatic carbocycles. The second kappa shape index (κ2) is 5.72. The third kappa shape index (κ3) is 2.79. The van der Waals surface area contributed by atoms with Crippen molar-refractivity contribution < 1.29 is 9.47 Å². The average Bonchev–Trinajstić information content (AvgIpc) is 2.65. The molecule has 1 N–H and O–H groups in total. The van der Waals surface area contributed by atoms with Gasteiger partial charge in [0.1, 0.15) is 5.69 Å². The fourth-order valence-electron chi connectivity index (χ4n) is 1.71. The van der Waals surface area contributed by atoms with Crippen LogP contribution in [0.25, 0.3) is 0 Å². The van der Waals surface area contributed by atoms with Crippen molar-refractivity contribution in [3.8, 4) is 17.8 Å². The number of nitrogens with one attached hydrogen (secondary N) is 1. The number of hydrogen-bond acceptors (Lipinski definition) is 7. The van der Waals surface area contributed by atoms with Gasteiger partial charge in [0, 0.05) is 13.6 Å². The van der Waals surface area contributed by atoms with Gasteiger partial charge in [-0.1, -0.05) is 0 Å². The van der Waals surface area contributed by atoms with Crippen LogP contribution in [0.3, 0.4) is 0 Å². The Morgan fingerprint density at radius 2 is 1.85 bits per heavy atom. The summed E-state index contributed by atoms with van der Waals surface area (Å²) in [6, 6.07) is 0.372. The number of nitrogens with zero attached hydrogens (tertiary/aromatic N) is 5. The second-order valence-electron chi connectivity index (χ2n) is 4.18. The van der Waals surface area contributed by atoms with Crippen molar-refractivity contribution in [3.63, 3.8) is 0 Å². The third-order valence-electron chi connectivity index (χ3n) is 2.75. The summed E-state index contributed by atoms with van der Waals surface area (Å²) in [5, 5.41) is 7.28. The van der Waals surface area contributed by atoms with Crippen LogP contribution in [0, 0.1) is 13.8 Å². The molecule has 0 radical (unpaired) electrons. The van der Waals surface area contributed by atoms with E-state index >= 15 is 0 Å². The van der Waals surface area contributed by atoms with Crippen LogP contribution in [0.15, 0.2) is 0 Å². The molecule has 108 valence electrons. The van der Waals surface area contributed by atoms with Gasteiger partial charge in [-0.25, -0.2) is 0 Å². The SMILES string of the molecule is CCNc1nc(OC)nc(Oc2c(C)nn(C)c2C)n1. The molecule has 2 heterocycles. The molecule has 2 aromatic heterocycles. The summed E-state index contributed by atoms with van der Waals surface area (Å²) in [6.45, 7) is 6.43. The normalized spacial score (nSPS) is 10.4. The highest BCUT2D eigenvalue weighted by Crippen LogP contribution is 2.26. The van der Waals surface area contributed by atoms with Crippen LogP contribution < -0.4 is 14.8 Å². The van der Waals surface area contributed by atoms with Gasteiger partial charge in [0.05, 0.1) is 12.8 Å². The molecule has 8 nitrogen and oxygen atoms in total. The van der Waals surface area contributed by atoms with Crippen LogP contribution in [0.5, 0.6) is 17.8 Å². The largest absolute Gasteiger partial charge is 0.467 e. The Morgan fingerprint density at radius 1 is 1.15 bits per heavy atom. The average molecular weight is 278 g/mol. The highest BCUT2D eigenvalue weighted by Gasteiger charge is 2.15. The number of methoxy groups -OCH3 is 1. The Morgan fingerprint density at radius 3 is 2.40 bits per heavy atom. The fraction of sp³-hybridized carbons (Fsp3) is 0.500. The summed E-state index contributed by atoms with van der Waals surface area (Å²) in [7, 11) is 3.35. The van der Waals surface area contributed by atoms with E-state index in [0.29, 0.717) is 18.2 Å². The summed E-state index contributed by atoms with van der Waals surface area (Å²) in [4.78, 5) is 12.3. The summed E-state index contributed by atoms with van der Waals surface area (Å²) < 4.78 is 12.5. The molecule has 0 aliphatic rings. The van der Waals surface area contributed by atoms with Gasteiger partial charge in [-0.05, 0) is 20.8 Å². The molecule has 0 aliphatic heterocycles. The van der Waals surface area contributed by atoms with E-state index in [0.717, 1.165) is 11.4 Å². The molecular weight excluding hydrogens is 260 g/mol. The lowest BCUT2D eigenvalue weighted by Gasteiger charge is -2.08. The minimum absolute atomic E-state index is 0.173. The lowest BCUT2D eigenvalue weighted by Crippen LogP contribution is -2.06. The second-order valence-corrected chi connectivity index (χ2v) is 4.18. The Balaban J connectivity index is 2.34. The smallest absolute Gasteiger partial charge is 0.330 e. The number of hydrogen-bond donors (Lipinski definition) is 1. The molecule has 20 heavy (non-hydrogen) atoms. The number of rotatable bonds is 5. The highest BCUT2D eigenvalue weighted by molar-refractivity contribution is 5.35. The van der Waals surface area contributed by atoms with Crippen molar-refractivity contribution in [2.75, 3.05) is 19.0 Å². The van der Waals surface area contributed by atoms with Crippen LogP contribution in [0.2, 0.25) is 0 Å². The Kier molecular flexibility index (Phi) is 4.02. The van der Waals surface area contributed by atoms with Crippen molar-refractivity contribution >= 4 is 5.95 Å². The van der Waals surface area contributed by atoms with E-state index in [1.807, 2.05) is 27.8 Å². The third-order valence-corrected chi connectivity index (χ3v) is 2.75. The first kappa shape index (κ1) is 14.0. The molecule has 0 bridgehead atoms. The molecule has 0 spiro atoms. The zero-order valence-corrected chi connectivity index (χ0v) is 12.3. The van der Waals surface area contributed by atoms with Gasteiger partial charge in [-0.2, -0.15) is 15.1 Å². The van der Waals surface area contributed by atoms with Crippen molar-refractivity contribution in [2.45, 2.75) is 20.8 Å². The minimum atomic E-state index is 0.173. The van der Waals surface area contributed by atoms with Crippen molar-refractivity contribution in [2.24, 2.45) is 7.05 Å². The molecule has 0 saturated carbocycles. The van der Waals surface area contributed by atoms with E-state index < -0.39 is 0 Å². The summed E-state index contributed by atoms with van der Waals surface area (Å²) in [6.07, 6.45) is 0. The standard InChI is InChI=1S/C12H18N6O2/c1-6-13-10-14-11(19-5)16-12(15-10)20-9-7(2)17-18(4)8(9)3/h6H2,1-5H3,(H,13,14,15,16). The molecule has 8 heteroatoms. The van der Waals surface area contributed by atoms with E-state index in [9.17, 15) is 0 Å². The molecule has 0 atom stereocenters. The maximum absolute atomic E-state index is 5.72. The molecule has 2 aromatic rings. The van der Waals surface area contributed by atoms with Crippen LogP contribution in [0.1, 0.15) is 18.3 Å². The molecule has 2 rings (SSSR count).